The summed E-state index contributed by atoms with van der Waals surface area (Å²) in [6.45, 7) is 10.5. The number of nitrogens with one attached hydrogen (secondary N) is 2. The molecule has 7 rings (SSSR count). The van der Waals surface area contributed by atoms with Gasteiger partial charge in [0.15, 0.2) is 17.3 Å². The third-order valence-corrected chi connectivity index (χ3v) is 12.4. The molecule has 2 fully saturated rings. The summed E-state index contributed by atoms with van der Waals surface area (Å²) < 4.78 is 16.9. The SMILES string of the molecule is CC(C)(C)C(NC(=O)COCCCCOc1ccc(-c2ccc(N3C(=S)N(c4ccc(C#N)c(Cl)c4)C(=O)C3(C)C)cc2)nc1)C(=O)N1CCC[C@H]1C(=O)NCc1ccc(-c2cnco2)cc1. The van der Waals surface area contributed by atoms with Crippen molar-refractivity contribution in [3.8, 4) is 34.4 Å². The van der Waals surface area contributed by atoms with Gasteiger partial charge in [0.25, 0.3) is 5.91 Å². The zero-order valence-electron chi connectivity index (χ0n) is 38.1. The van der Waals surface area contributed by atoms with Crippen molar-refractivity contribution in [2.45, 2.75) is 84.5 Å². The molecule has 2 N–H and O–H groups in total. The van der Waals surface area contributed by atoms with Crippen molar-refractivity contribution >= 4 is 63.9 Å². The topological polar surface area (TPSA) is 183 Å². The third-order valence-electron chi connectivity index (χ3n) is 11.7. The molecule has 2 aromatic heterocycles. The Morgan fingerprint density at radius 3 is 2.36 bits per heavy atom. The Kier molecular flexibility index (Phi) is 15.0. The molecule has 17 heteroatoms. The number of hydrogen-bond donors (Lipinski definition) is 2. The molecule has 0 radical (unpaired) electrons. The van der Waals surface area contributed by atoms with Crippen molar-refractivity contribution in [3.05, 3.63) is 114 Å². The van der Waals surface area contributed by atoms with E-state index in [9.17, 15) is 24.4 Å². The number of anilines is 2. The molecule has 2 saturated heterocycles. The van der Waals surface area contributed by atoms with E-state index in [1.807, 2.05) is 101 Å². The highest BCUT2D eigenvalue weighted by Gasteiger charge is 2.50. The summed E-state index contributed by atoms with van der Waals surface area (Å²) in [5, 5.41) is 15.7. The zero-order chi connectivity index (χ0) is 47.9. The molecule has 0 spiro atoms. The number of pyridine rings is 1. The monoisotopic (exact) mass is 944 g/mol. The van der Waals surface area contributed by atoms with Crippen molar-refractivity contribution in [2.75, 3.05) is 36.2 Å². The largest absolute Gasteiger partial charge is 0.492 e. The highest BCUT2D eigenvalue weighted by Crippen LogP contribution is 2.38. The second kappa shape index (κ2) is 20.9. The molecule has 2 aliphatic heterocycles. The molecular formula is C50H53ClN8O7S. The van der Waals surface area contributed by atoms with E-state index in [1.165, 1.54) is 11.3 Å². The number of nitriles is 1. The van der Waals surface area contributed by atoms with Crippen LogP contribution in [0.5, 0.6) is 5.75 Å². The minimum absolute atomic E-state index is 0.209. The minimum Gasteiger partial charge on any atom is -0.492 e. The number of nitrogens with zero attached hydrogens (tertiary/aromatic N) is 6. The van der Waals surface area contributed by atoms with Gasteiger partial charge in [0, 0.05) is 36.5 Å². The van der Waals surface area contributed by atoms with E-state index in [4.69, 9.17) is 37.7 Å². The highest BCUT2D eigenvalue weighted by atomic mass is 35.5. The number of aromatic nitrogens is 2. The number of unbranched alkanes of at least 4 members (excludes halogenated alkanes) is 1. The molecule has 2 aliphatic rings. The average molecular weight is 946 g/mol. The lowest BCUT2D eigenvalue weighted by molar-refractivity contribution is -0.144. The Hall–Kier alpha value is -6.67. The fourth-order valence-electron chi connectivity index (χ4n) is 8.04. The standard InChI is InChI=1S/C50H53ClN8O7S/c1-49(2,3)44(46(62)57-22-8-9-41(57)45(61)55-27-32-10-12-34(13-11-32)42-29-53-31-66-42)56-43(60)30-64-23-6-7-24-65-38-20-21-40(54-28-38)33-14-17-36(18-15-33)59-48(67)58(47(63)50(59,4)5)37-19-16-35(26-52)39(51)25-37/h10-21,25,28-29,31,41,44H,6-9,22-24,27,30H2,1-5H3,(H,55,61)(H,56,60)/t41-,44?/m0/s1. The number of oxazole rings is 1. The first-order chi connectivity index (χ1) is 32.1. The maximum atomic E-state index is 13.9. The molecule has 4 heterocycles. The van der Waals surface area contributed by atoms with Gasteiger partial charge >= 0.3 is 0 Å². The van der Waals surface area contributed by atoms with Crippen LogP contribution < -0.4 is 25.2 Å². The lowest BCUT2D eigenvalue weighted by atomic mass is 9.85. The molecule has 348 valence electrons. The van der Waals surface area contributed by atoms with Crippen LogP contribution in [0.4, 0.5) is 11.4 Å². The van der Waals surface area contributed by atoms with Crippen LogP contribution in [0, 0.1) is 16.7 Å². The molecule has 15 nitrogen and oxygen atoms in total. The first-order valence-corrected chi connectivity index (χ1v) is 22.9. The first kappa shape index (κ1) is 48.3. The van der Waals surface area contributed by atoms with Crippen LogP contribution in [0.1, 0.15) is 71.4 Å². The maximum Gasteiger partial charge on any atom is 0.259 e. The number of benzene rings is 3. The van der Waals surface area contributed by atoms with Gasteiger partial charge in [0.1, 0.15) is 36.0 Å². The highest BCUT2D eigenvalue weighted by molar-refractivity contribution is 7.81. The Labute approximate surface area is 400 Å². The van der Waals surface area contributed by atoms with Crippen LogP contribution >= 0.6 is 23.8 Å². The van der Waals surface area contributed by atoms with Crippen molar-refractivity contribution in [2.24, 2.45) is 5.41 Å². The quantitative estimate of drug-likeness (QED) is 0.0681. The normalized spacial score (nSPS) is 16.2. The summed E-state index contributed by atoms with van der Waals surface area (Å²) in [5.74, 6) is 0.115. The second-order valence-electron chi connectivity index (χ2n) is 18.0. The van der Waals surface area contributed by atoms with E-state index >= 15 is 0 Å². The molecule has 67 heavy (non-hydrogen) atoms. The van der Waals surface area contributed by atoms with Gasteiger partial charge in [-0.25, -0.2) is 4.98 Å². The molecule has 2 atom stereocenters. The number of rotatable bonds is 17. The van der Waals surface area contributed by atoms with Crippen LogP contribution in [-0.4, -0.2) is 87.6 Å². The van der Waals surface area contributed by atoms with Crippen molar-refractivity contribution in [1.82, 2.24) is 25.5 Å². The van der Waals surface area contributed by atoms with Crippen molar-refractivity contribution < 1.29 is 33.1 Å². The Morgan fingerprint density at radius 1 is 0.985 bits per heavy atom. The smallest absolute Gasteiger partial charge is 0.259 e. The summed E-state index contributed by atoms with van der Waals surface area (Å²) in [6.07, 6.45) is 7.21. The van der Waals surface area contributed by atoms with Gasteiger partial charge in [0.2, 0.25) is 17.7 Å². The average Bonchev–Trinajstić information content (AvgIpc) is 4.07. The Morgan fingerprint density at radius 2 is 1.70 bits per heavy atom. The summed E-state index contributed by atoms with van der Waals surface area (Å²) in [7, 11) is 0. The molecular weight excluding hydrogens is 892 g/mol. The number of carbonyl (C=O) groups excluding carboxylic acids is 4. The van der Waals surface area contributed by atoms with Crippen LogP contribution in [-0.2, 0) is 30.5 Å². The zero-order valence-corrected chi connectivity index (χ0v) is 39.7. The summed E-state index contributed by atoms with van der Waals surface area (Å²) >= 11 is 12.1. The first-order valence-electron chi connectivity index (χ1n) is 22.1. The van der Waals surface area contributed by atoms with Crippen molar-refractivity contribution in [1.29, 1.82) is 5.26 Å². The lowest BCUT2D eigenvalue weighted by Gasteiger charge is -2.35. The Bertz CT molecular complexity index is 2630. The van der Waals surface area contributed by atoms with Gasteiger partial charge < -0.3 is 34.3 Å². The molecule has 4 amide bonds. The van der Waals surface area contributed by atoms with Gasteiger partial charge in [-0.2, -0.15) is 5.26 Å². The predicted octanol–water partition coefficient (Wildman–Crippen LogP) is 7.86. The van der Waals surface area contributed by atoms with E-state index in [0.29, 0.717) is 79.9 Å². The molecule has 5 aromatic rings. The molecule has 1 unspecified atom stereocenters. The molecule has 0 bridgehead atoms. The van der Waals surface area contributed by atoms with Crippen LogP contribution in [0.15, 0.2) is 102 Å². The summed E-state index contributed by atoms with van der Waals surface area (Å²) in [6, 6.07) is 24.3. The number of halogens is 1. The van der Waals surface area contributed by atoms with Crippen LogP contribution in [0.25, 0.3) is 22.6 Å². The van der Waals surface area contributed by atoms with E-state index in [2.05, 4.69) is 20.6 Å². The number of likely N-dealkylation sites (tertiary alicyclic amines) is 1. The van der Waals surface area contributed by atoms with Gasteiger partial charge in [-0.3, -0.25) is 29.1 Å². The second-order valence-corrected chi connectivity index (χ2v) is 18.7. The fraction of sp³-hybridized carbons (Fsp3) is 0.360. The van der Waals surface area contributed by atoms with E-state index < -0.39 is 28.9 Å². The van der Waals surface area contributed by atoms with Gasteiger partial charge in [-0.05, 0) is 105 Å². The molecule has 0 aliphatic carbocycles. The predicted molar refractivity (Wildman–Crippen MR) is 258 cm³/mol. The van der Waals surface area contributed by atoms with Gasteiger partial charge in [-0.15, -0.1) is 0 Å². The number of amides is 4. The minimum atomic E-state index is -0.980. The summed E-state index contributed by atoms with van der Waals surface area (Å²) in [4.78, 5) is 67.3. The van der Waals surface area contributed by atoms with E-state index in [-0.39, 0.29) is 29.4 Å². The van der Waals surface area contributed by atoms with Crippen LogP contribution in [0.3, 0.4) is 0 Å². The van der Waals surface area contributed by atoms with Crippen LogP contribution in [0.2, 0.25) is 5.02 Å². The number of thiocarbonyl (C=S) groups is 1. The lowest BCUT2D eigenvalue weighted by Crippen LogP contribution is -2.58. The van der Waals surface area contributed by atoms with E-state index in [1.54, 1.807) is 40.4 Å². The Balaban J connectivity index is 0.822. The number of hydrogen-bond acceptors (Lipinski definition) is 11. The molecule has 3 aromatic carbocycles. The number of ether oxygens (including phenoxy) is 2. The van der Waals surface area contributed by atoms with Gasteiger partial charge in [0.05, 0.1) is 41.0 Å². The fourth-order valence-corrected chi connectivity index (χ4v) is 8.78. The number of carbonyl (C=O) groups is 4. The molecule has 0 saturated carbocycles. The van der Waals surface area contributed by atoms with Crippen molar-refractivity contribution in [3.63, 3.8) is 0 Å². The summed E-state index contributed by atoms with van der Waals surface area (Å²) in [5.41, 5.74) is 3.32. The maximum absolute atomic E-state index is 13.9. The van der Waals surface area contributed by atoms with Gasteiger partial charge in [-0.1, -0.05) is 68.8 Å². The third kappa shape index (κ3) is 11.1. The van der Waals surface area contributed by atoms with E-state index in [0.717, 1.165) is 28.1 Å².